The van der Waals surface area contributed by atoms with Crippen LogP contribution in [0.5, 0.6) is 5.75 Å². The second-order valence-electron chi connectivity index (χ2n) is 6.84. The van der Waals surface area contributed by atoms with E-state index in [0.717, 1.165) is 54.2 Å². The van der Waals surface area contributed by atoms with E-state index >= 15 is 0 Å². The van der Waals surface area contributed by atoms with E-state index in [1.54, 1.807) is 0 Å². The van der Waals surface area contributed by atoms with Crippen molar-refractivity contribution >= 4 is 17.3 Å². The molecule has 2 aromatic carbocycles. The average molecular weight is 353 g/mol. The number of ether oxygens (including phenoxy) is 1. The molecule has 1 fully saturated rings. The van der Waals surface area contributed by atoms with Crippen LogP contribution in [-0.4, -0.2) is 44.1 Å². The lowest BCUT2D eigenvalue weighted by Gasteiger charge is -2.29. The Labute approximate surface area is 155 Å². The number of nitrogens with zero attached hydrogens (tertiary/aromatic N) is 1. The molecule has 1 amide bonds. The molecule has 138 valence electrons. The summed E-state index contributed by atoms with van der Waals surface area (Å²) in [5.41, 5.74) is 3.87. The van der Waals surface area contributed by atoms with Gasteiger partial charge in [-0.25, -0.2) is 0 Å². The van der Waals surface area contributed by atoms with Gasteiger partial charge in [-0.3, -0.25) is 4.79 Å². The van der Waals surface area contributed by atoms with Crippen molar-refractivity contribution in [3.05, 3.63) is 42.5 Å². The van der Waals surface area contributed by atoms with Gasteiger partial charge in [-0.1, -0.05) is 12.1 Å². The molecule has 1 aliphatic heterocycles. The molecule has 0 saturated carbocycles. The van der Waals surface area contributed by atoms with E-state index in [4.69, 9.17) is 4.74 Å². The summed E-state index contributed by atoms with van der Waals surface area (Å²) in [5.74, 6) is 0.716. The molecular weight excluding hydrogens is 326 g/mol. The fraction of sp³-hybridized carbons (Fsp3) is 0.381. The van der Waals surface area contributed by atoms with Gasteiger partial charge in [0.05, 0.1) is 5.69 Å². The molecular formula is C21H27N3O2. The number of carbonyl (C=O) groups excluding carboxylic acids is 1. The molecule has 1 saturated heterocycles. The standard InChI is InChI=1S/C21H27N3O2/c1-15(25)23-21-14-19(26-18-10-12-24(3)13-11-18)8-9-20(21)16-4-6-17(22-2)7-5-16/h4-9,14,18,22H,10-13H2,1-3H3,(H,23,25). The number of piperidine rings is 1. The third-order valence-electron chi connectivity index (χ3n) is 4.75. The molecule has 0 spiro atoms. The second kappa shape index (κ2) is 8.23. The first kappa shape index (κ1) is 18.3. The zero-order valence-corrected chi connectivity index (χ0v) is 15.7. The highest BCUT2D eigenvalue weighted by atomic mass is 16.5. The summed E-state index contributed by atoms with van der Waals surface area (Å²) in [6.45, 7) is 3.64. The van der Waals surface area contributed by atoms with Crippen LogP contribution in [0.3, 0.4) is 0 Å². The van der Waals surface area contributed by atoms with Crippen LogP contribution in [0.25, 0.3) is 11.1 Å². The van der Waals surface area contributed by atoms with Crippen LogP contribution >= 0.6 is 0 Å². The zero-order chi connectivity index (χ0) is 18.5. The molecule has 0 unspecified atom stereocenters. The van der Waals surface area contributed by atoms with Crippen LogP contribution in [0, 0.1) is 0 Å². The van der Waals surface area contributed by atoms with Crippen LogP contribution in [-0.2, 0) is 4.79 Å². The number of anilines is 2. The van der Waals surface area contributed by atoms with Gasteiger partial charge < -0.3 is 20.3 Å². The number of hydrogen-bond donors (Lipinski definition) is 2. The first-order valence-electron chi connectivity index (χ1n) is 9.10. The number of likely N-dealkylation sites (tertiary alicyclic amines) is 1. The maximum Gasteiger partial charge on any atom is 0.221 e. The third kappa shape index (κ3) is 4.55. The van der Waals surface area contributed by atoms with Crippen molar-refractivity contribution in [3.8, 4) is 16.9 Å². The Balaban J connectivity index is 1.83. The van der Waals surface area contributed by atoms with Crippen LogP contribution in [0.4, 0.5) is 11.4 Å². The van der Waals surface area contributed by atoms with Crippen molar-refractivity contribution in [2.45, 2.75) is 25.9 Å². The molecule has 5 heteroatoms. The first-order valence-corrected chi connectivity index (χ1v) is 9.10. The minimum Gasteiger partial charge on any atom is -0.490 e. The second-order valence-corrected chi connectivity index (χ2v) is 6.84. The van der Waals surface area contributed by atoms with E-state index in [1.807, 2.05) is 49.5 Å². The van der Waals surface area contributed by atoms with E-state index < -0.39 is 0 Å². The number of benzene rings is 2. The molecule has 26 heavy (non-hydrogen) atoms. The van der Waals surface area contributed by atoms with E-state index in [1.165, 1.54) is 6.92 Å². The number of hydrogen-bond acceptors (Lipinski definition) is 4. The molecule has 0 aliphatic carbocycles. The molecule has 2 N–H and O–H groups in total. The topological polar surface area (TPSA) is 53.6 Å². The molecule has 2 aromatic rings. The lowest BCUT2D eigenvalue weighted by Crippen LogP contribution is -2.35. The van der Waals surface area contributed by atoms with Gasteiger partial charge in [-0.15, -0.1) is 0 Å². The molecule has 0 aromatic heterocycles. The van der Waals surface area contributed by atoms with Gasteiger partial charge in [0.25, 0.3) is 0 Å². The summed E-state index contributed by atoms with van der Waals surface area (Å²) >= 11 is 0. The normalized spacial score (nSPS) is 15.5. The number of rotatable bonds is 5. The minimum absolute atomic E-state index is 0.0884. The Morgan fingerprint density at radius 3 is 2.42 bits per heavy atom. The van der Waals surface area contributed by atoms with Gasteiger partial charge in [0.15, 0.2) is 0 Å². The average Bonchev–Trinajstić information content (AvgIpc) is 2.64. The van der Waals surface area contributed by atoms with Crippen LogP contribution in [0.1, 0.15) is 19.8 Å². The van der Waals surface area contributed by atoms with Crippen LogP contribution < -0.4 is 15.4 Å². The Morgan fingerprint density at radius 1 is 1.12 bits per heavy atom. The predicted octanol–water partition coefficient (Wildman–Crippen LogP) is 3.83. The van der Waals surface area contributed by atoms with Crippen molar-refractivity contribution in [1.29, 1.82) is 0 Å². The van der Waals surface area contributed by atoms with Gasteiger partial charge in [0.1, 0.15) is 11.9 Å². The quantitative estimate of drug-likeness (QED) is 0.858. The fourth-order valence-corrected chi connectivity index (χ4v) is 3.25. The highest BCUT2D eigenvalue weighted by molar-refractivity contribution is 5.94. The highest BCUT2D eigenvalue weighted by Gasteiger charge is 2.18. The molecule has 3 rings (SSSR count). The minimum atomic E-state index is -0.0884. The highest BCUT2D eigenvalue weighted by Crippen LogP contribution is 2.33. The predicted molar refractivity (Wildman–Crippen MR) is 107 cm³/mol. The monoisotopic (exact) mass is 353 g/mol. The SMILES string of the molecule is CNc1ccc(-c2ccc(OC3CCN(C)CC3)cc2NC(C)=O)cc1. The Hall–Kier alpha value is -2.53. The van der Waals surface area contributed by atoms with E-state index in [0.29, 0.717) is 0 Å². The van der Waals surface area contributed by atoms with Gasteiger partial charge in [-0.2, -0.15) is 0 Å². The van der Waals surface area contributed by atoms with Crippen molar-refractivity contribution in [1.82, 2.24) is 4.90 Å². The van der Waals surface area contributed by atoms with Gasteiger partial charge in [0, 0.05) is 44.4 Å². The summed E-state index contributed by atoms with van der Waals surface area (Å²) in [5, 5.41) is 6.06. The fourth-order valence-electron chi connectivity index (χ4n) is 3.25. The number of nitrogens with one attached hydrogen (secondary N) is 2. The lowest BCUT2D eigenvalue weighted by atomic mass is 10.0. The van der Waals surface area contributed by atoms with Crippen molar-refractivity contribution < 1.29 is 9.53 Å². The Bertz CT molecular complexity index is 750. The van der Waals surface area contributed by atoms with Gasteiger partial charge >= 0.3 is 0 Å². The molecule has 0 atom stereocenters. The summed E-state index contributed by atoms with van der Waals surface area (Å²) in [4.78, 5) is 14.0. The Kier molecular flexibility index (Phi) is 5.78. The maximum absolute atomic E-state index is 11.7. The molecule has 1 heterocycles. The maximum atomic E-state index is 11.7. The van der Waals surface area contributed by atoms with E-state index in [-0.39, 0.29) is 12.0 Å². The van der Waals surface area contributed by atoms with Crippen molar-refractivity contribution in [3.63, 3.8) is 0 Å². The van der Waals surface area contributed by atoms with E-state index in [9.17, 15) is 4.79 Å². The van der Waals surface area contributed by atoms with Crippen LogP contribution in [0.2, 0.25) is 0 Å². The number of carbonyl (C=O) groups is 1. The van der Waals surface area contributed by atoms with Crippen LogP contribution in [0.15, 0.2) is 42.5 Å². The number of amides is 1. The summed E-state index contributed by atoms with van der Waals surface area (Å²) in [6, 6.07) is 14.1. The van der Waals surface area contributed by atoms with Gasteiger partial charge in [-0.05, 0) is 49.7 Å². The lowest BCUT2D eigenvalue weighted by molar-refractivity contribution is -0.114. The zero-order valence-electron chi connectivity index (χ0n) is 15.7. The molecule has 1 aliphatic rings. The molecule has 5 nitrogen and oxygen atoms in total. The van der Waals surface area contributed by atoms with Gasteiger partial charge in [0.2, 0.25) is 5.91 Å². The smallest absolute Gasteiger partial charge is 0.221 e. The van der Waals surface area contributed by atoms with Crippen molar-refractivity contribution in [2.75, 3.05) is 37.8 Å². The van der Waals surface area contributed by atoms with Crippen molar-refractivity contribution in [2.24, 2.45) is 0 Å². The summed E-state index contributed by atoms with van der Waals surface area (Å²) in [7, 11) is 4.03. The summed E-state index contributed by atoms with van der Waals surface area (Å²) < 4.78 is 6.17. The summed E-state index contributed by atoms with van der Waals surface area (Å²) in [6.07, 6.45) is 2.29. The Morgan fingerprint density at radius 2 is 1.81 bits per heavy atom. The molecule has 0 bridgehead atoms. The third-order valence-corrected chi connectivity index (χ3v) is 4.75. The first-order chi connectivity index (χ1) is 12.5. The molecule has 0 radical (unpaired) electrons. The largest absolute Gasteiger partial charge is 0.490 e. The van der Waals surface area contributed by atoms with E-state index in [2.05, 4.69) is 22.6 Å².